The Morgan fingerprint density at radius 3 is 1.52 bits per heavy atom. The number of hydrogen-bond acceptors (Lipinski definition) is 1. The smallest absolute Gasteiger partial charge is 0.0595 e. The van der Waals surface area contributed by atoms with Crippen molar-refractivity contribution < 1.29 is 4.74 Å². The summed E-state index contributed by atoms with van der Waals surface area (Å²) in [6.45, 7) is 17.8. The Labute approximate surface area is 132 Å². The molecule has 0 aliphatic heterocycles. The maximum atomic E-state index is 6.43. The van der Waals surface area contributed by atoms with Gasteiger partial charge in [0.05, 0.1) is 12.7 Å². The van der Waals surface area contributed by atoms with Crippen LogP contribution in [0.15, 0.2) is 0 Å². The molecule has 1 atom stereocenters. The third-order valence-electron chi connectivity index (χ3n) is 6.83. The molecule has 1 nitrogen and oxygen atoms in total. The first-order chi connectivity index (χ1) is 9.37. The standard InChI is InChI=1S/C20H36O/c1-15(16(2,3)4)21-14-20-11-17(5)8-18(6,12-20)10-19(7,9-17)13-20/h15H,8-14H2,1-7H3. The van der Waals surface area contributed by atoms with Crippen molar-refractivity contribution in [3.05, 3.63) is 0 Å². The highest BCUT2D eigenvalue weighted by Crippen LogP contribution is 2.73. The molecule has 122 valence electrons. The molecule has 0 N–H and O–H groups in total. The average Bonchev–Trinajstić information content (AvgIpc) is 2.17. The molecular formula is C20H36O. The normalized spacial score (nSPS) is 50.4. The third-order valence-corrected chi connectivity index (χ3v) is 6.83. The molecule has 0 saturated heterocycles. The van der Waals surface area contributed by atoms with Crippen LogP contribution in [0.1, 0.15) is 87.0 Å². The lowest BCUT2D eigenvalue weighted by Gasteiger charge is -2.69. The molecule has 0 amide bonds. The van der Waals surface area contributed by atoms with E-state index in [0.717, 1.165) is 6.61 Å². The molecule has 0 aromatic rings. The van der Waals surface area contributed by atoms with Gasteiger partial charge in [-0.3, -0.25) is 0 Å². The summed E-state index contributed by atoms with van der Waals surface area (Å²) in [4.78, 5) is 0. The van der Waals surface area contributed by atoms with Crippen LogP contribution in [0.2, 0.25) is 0 Å². The largest absolute Gasteiger partial charge is 0.377 e. The number of ether oxygens (including phenoxy) is 1. The summed E-state index contributed by atoms with van der Waals surface area (Å²) in [7, 11) is 0. The first kappa shape index (κ1) is 15.8. The van der Waals surface area contributed by atoms with Gasteiger partial charge in [0.2, 0.25) is 0 Å². The van der Waals surface area contributed by atoms with Gasteiger partial charge in [-0.25, -0.2) is 0 Å². The van der Waals surface area contributed by atoms with Gasteiger partial charge in [-0.1, -0.05) is 41.5 Å². The lowest BCUT2D eigenvalue weighted by Crippen LogP contribution is -2.60. The predicted molar refractivity (Wildman–Crippen MR) is 89.3 cm³/mol. The summed E-state index contributed by atoms with van der Waals surface area (Å²) >= 11 is 0. The minimum atomic E-state index is 0.250. The van der Waals surface area contributed by atoms with E-state index in [2.05, 4.69) is 48.5 Å². The van der Waals surface area contributed by atoms with Crippen LogP contribution in [0.4, 0.5) is 0 Å². The third kappa shape index (κ3) is 2.80. The van der Waals surface area contributed by atoms with Crippen molar-refractivity contribution >= 4 is 0 Å². The first-order valence-electron chi connectivity index (χ1n) is 8.99. The van der Waals surface area contributed by atoms with Crippen LogP contribution >= 0.6 is 0 Å². The lowest BCUT2D eigenvalue weighted by molar-refractivity contribution is -0.209. The molecule has 21 heavy (non-hydrogen) atoms. The molecule has 0 spiro atoms. The summed E-state index contributed by atoms with van der Waals surface area (Å²) in [6, 6.07) is 0. The van der Waals surface area contributed by atoms with Crippen LogP contribution in [0.5, 0.6) is 0 Å². The zero-order valence-corrected chi connectivity index (χ0v) is 15.4. The van der Waals surface area contributed by atoms with Gasteiger partial charge in [0.1, 0.15) is 0 Å². The average molecular weight is 293 g/mol. The molecule has 4 fully saturated rings. The van der Waals surface area contributed by atoms with E-state index >= 15 is 0 Å². The van der Waals surface area contributed by atoms with Crippen LogP contribution in [-0.2, 0) is 4.74 Å². The van der Waals surface area contributed by atoms with Gasteiger partial charge in [-0.15, -0.1) is 0 Å². The zero-order valence-electron chi connectivity index (χ0n) is 15.4. The molecule has 0 heterocycles. The second-order valence-corrected chi connectivity index (χ2v) is 11.3. The van der Waals surface area contributed by atoms with Gasteiger partial charge in [-0.05, 0) is 72.5 Å². The lowest BCUT2D eigenvalue weighted by atomic mass is 9.36. The zero-order chi connectivity index (χ0) is 15.7. The van der Waals surface area contributed by atoms with Crippen molar-refractivity contribution in [2.45, 2.75) is 93.1 Å². The van der Waals surface area contributed by atoms with Gasteiger partial charge in [0, 0.05) is 0 Å². The minimum absolute atomic E-state index is 0.250. The van der Waals surface area contributed by atoms with Crippen LogP contribution < -0.4 is 0 Å². The van der Waals surface area contributed by atoms with Crippen molar-refractivity contribution in [1.29, 1.82) is 0 Å². The second kappa shape index (κ2) is 4.28. The predicted octanol–water partition coefficient (Wildman–Crippen LogP) is 5.82. The molecule has 4 saturated carbocycles. The number of rotatable bonds is 3. The van der Waals surface area contributed by atoms with Crippen molar-refractivity contribution in [3.8, 4) is 0 Å². The molecule has 4 aliphatic rings. The Morgan fingerprint density at radius 1 is 0.810 bits per heavy atom. The SMILES string of the molecule is CC(OCC12CC3(C)CC(C)(CC(C)(C3)C1)C2)C(C)(C)C. The minimum Gasteiger partial charge on any atom is -0.377 e. The monoisotopic (exact) mass is 292 g/mol. The van der Waals surface area contributed by atoms with Gasteiger partial charge in [-0.2, -0.15) is 0 Å². The van der Waals surface area contributed by atoms with Crippen LogP contribution in [0.3, 0.4) is 0 Å². The quantitative estimate of drug-likeness (QED) is 0.636. The van der Waals surface area contributed by atoms with Gasteiger partial charge < -0.3 is 4.74 Å². The van der Waals surface area contributed by atoms with Crippen molar-refractivity contribution in [3.63, 3.8) is 0 Å². The highest BCUT2D eigenvalue weighted by atomic mass is 16.5. The van der Waals surface area contributed by atoms with E-state index in [4.69, 9.17) is 4.74 Å². The van der Waals surface area contributed by atoms with Crippen LogP contribution in [0, 0.1) is 27.1 Å². The van der Waals surface area contributed by atoms with E-state index in [1.807, 2.05) is 0 Å². The Balaban J connectivity index is 1.79. The highest BCUT2D eigenvalue weighted by molar-refractivity contribution is 5.14. The molecular weight excluding hydrogens is 256 g/mol. The summed E-state index contributed by atoms with van der Waals surface area (Å²) in [5.74, 6) is 0. The summed E-state index contributed by atoms with van der Waals surface area (Å²) in [6.07, 6.45) is 8.91. The summed E-state index contributed by atoms with van der Waals surface area (Å²) in [5.41, 5.74) is 2.44. The van der Waals surface area contributed by atoms with Crippen LogP contribution in [-0.4, -0.2) is 12.7 Å². The van der Waals surface area contributed by atoms with E-state index in [1.165, 1.54) is 38.5 Å². The molecule has 1 heteroatoms. The van der Waals surface area contributed by atoms with Gasteiger partial charge >= 0.3 is 0 Å². The van der Waals surface area contributed by atoms with Gasteiger partial charge in [0.15, 0.2) is 0 Å². The van der Waals surface area contributed by atoms with Crippen molar-refractivity contribution in [2.24, 2.45) is 27.1 Å². The molecule has 1 unspecified atom stereocenters. The Morgan fingerprint density at radius 2 is 1.19 bits per heavy atom. The van der Waals surface area contributed by atoms with Crippen molar-refractivity contribution in [2.75, 3.05) is 6.61 Å². The first-order valence-corrected chi connectivity index (χ1v) is 8.99. The molecule has 4 bridgehead atoms. The molecule has 0 aromatic heterocycles. The molecule has 0 radical (unpaired) electrons. The maximum Gasteiger partial charge on any atom is 0.0595 e. The van der Waals surface area contributed by atoms with Gasteiger partial charge in [0.25, 0.3) is 0 Å². The van der Waals surface area contributed by atoms with Crippen molar-refractivity contribution in [1.82, 2.24) is 0 Å². The second-order valence-electron chi connectivity index (χ2n) is 11.3. The fourth-order valence-electron chi connectivity index (χ4n) is 7.26. The Hall–Kier alpha value is -0.0400. The van der Waals surface area contributed by atoms with E-state index in [9.17, 15) is 0 Å². The Kier molecular flexibility index (Phi) is 3.23. The topological polar surface area (TPSA) is 9.23 Å². The summed E-state index contributed by atoms with van der Waals surface area (Å²) in [5, 5.41) is 0. The molecule has 4 aliphatic carbocycles. The maximum absolute atomic E-state index is 6.43. The van der Waals surface area contributed by atoms with Crippen LogP contribution in [0.25, 0.3) is 0 Å². The summed E-state index contributed by atoms with van der Waals surface area (Å²) < 4.78 is 6.43. The Bertz CT molecular complexity index is 376. The number of hydrogen-bond donors (Lipinski definition) is 0. The fourth-order valence-corrected chi connectivity index (χ4v) is 7.26. The molecule has 0 aromatic carbocycles. The van der Waals surface area contributed by atoms with E-state index in [1.54, 1.807) is 0 Å². The van der Waals surface area contributed by atoms with E-state index in [-0.39, 0.29) is 5.41 Å². The fraction of sp³-hybridized carbons (Fsp3) is 1.00. The molecule has 4 rings (SSSR count). The van der Waals surface area contributed by atoms with E-state index in [0.29, 0.717) is 27.8 Å². The van der Waals surface area contributed by atoms with E-state index < -0.39 is 0 Å². The highest BCUT2D eigenvalue weighted by Gasteiger charge is 2.64.